The highest BCUT2D eigenvalue weighted by Crippen LogP contribution is 2.22. The summed E-state index contributed by atoms with van der Waals surface area (Å²) in [5.41, 5.74) is 1.62. The van der Waals surface area contributed by atoms with Crippen LogP contribution in [0.25, 0.3) is 21.0 Å². The molecular weight excluding hydrogens is 332 g/mol. The summed E-state index contributed by atoms with van der Waals surface area (Å²) >= 11 is 1.48. The van der Waals surface area contributed by atoms with Gasteiger partial charge in [0.05, 0.1) is 17.3 Å². The second kappa shape index (κ2) is 6.18. The lowest BCUT2D eigenvalue weighted by Gasteiger charge is -2.00. The normalized spacial score (nSPS) is 12.0. The molecule has 3 aromatic carbocycles. The topological polar surface area (TPSA) is 43.6 Å². The van der Waals surface area contributed by atoms with E-state index in [1.807, 2.05) is 72.3 Å². The fraction of sp³-hybridized carbons (Fsp3) is 0.100. The molecule has 0 saturated carbocycles. The Balaban J connectivity index is 1.79. The van der Waals surface area contributed by atoms with Crippen LogP contribution in [-0.2, 0) is 7.05 Å². The van der Waals surface area contributed by atoms with E-state index in [2.05, 4.69) is 4.99 Å². The summed E-state index contributed by atoms with van der Waals surface area (Å²) in [5, 5.41) is 2.15. The van der Waals surface area contributed by atoms with Crippen LogP contribution in [0, 0.1) is 0 Å². The van der Waals surface area contributed by atoms with E-state index in [1.165, 1.54) is 11.3 Å². The monoisotopic (exact) mass is 348 g/mol. The van der Waals surface area contributed by atoms with Crippen molar-refractivity contribution < 1.29 is 9.53 Å². The average molecular weight is 348 g/mol. The van der Waals surface area contributed by atoms with E-state index in [9.17, 15) is 4.79 Å². The van der Waals surface area contributed by atoms with Crippen LogP contribution in [0.5, 0.6) is 5.75 Å². The van der Waals surface area contributed by atoms with Crippen molar-refractivity contribution in [3.63, 3.8) is 0 Å². The molecule has 0 saturated heterocycles. The maximum absolute atomic E-state index is 12.6. The first kappa shape index (κ1) is 15.6. The summed E-state index contributed by atoms with van der Waals surface area (Å²) in [5.74, 6) is 0.557. The highest BCUT2D eigenvalue weighted by molar-refractivity contribution is 7.16. The number of thiazole rings is 1. The molecular formula is C20H16N2O2S. The van der Waals surface area contributed by atoms with Gasteiger partial charge in [0.2, 0.25) is 0 Å². The average Bonchev–Trinajstić information content (AvgIpc) is 2.96. The van der Waals surface area contributed by atoms with E-state index in [-0.39, 0.29) is 5.91 Å². The van der Waals surface area contributed by atoms with Gasteiger partial charge in [0.1, 0.15) is 5.75 Å². The standard InChI is InChI=1S/C20H16N2O2S/c1-22-17-10-9-16(24-2)12-18(17)25-20(22)21-19(23)15-8-7-13-5-3-4-6-14(13)11-15/h3-12H,1-2H3. The number of carbonyl (C=O) groups is 1. The Labute approximate surface area is 148 Å². The number of ether oxygens (including phenoxy) is 1. The third kappa shape index (κ3) is 2.83. The van der Waals surface area contributed by atoms with Crippen molar-refractivity contribution in [2.75, 3.05) is 7.11 Å². The Hall–Kier alpha value is -2.92. The van der Waals surface area contributed by atoms with E-state index < -0.39 is 0 Å². The number of hydrogen-bond donors (Lipinski definition) is 0. The van der Waals surface area contributed by atoms with Crippen molar-refractivity contribution >= 4 is 38.2 Å². The Morgan fingerprint density at radius 3 is 2.64 bits per heavy atom. The molecule has 4 nitrogen and oxygen atoms in total. The number of aryl methyl sites for hydroxylation is 1. The number of carbonyl (C=O) groups excluding carboxylic acids is 1. The van der Waals surface area contributed by atoms with Gasteiger partial charge >= 0.3 is 0 Å². The maximum atomic E-state index is 12.6. The van der Waals surface area contributed by atoms with Crippen molar-refractivity contribution in [2.45, 2.75) is 0 Å². The second-order valence-corrected chi connectivity index (χ2v) is 6.77. The number of aromatic nitrogens is 1. The first-order chi connectivity index (χ1) is 12.2. The summed E-state index contributed by atoms with van der Waals surface area (Å²) in [6.45, 7) is 0. The minimum Gasteiger partial charge on any atom is -0.497 e. The van der Waals surface area contributed by atoms with Crippen LogP contribution in [0.15, 0.2) is 65.7 Å². The summed E-state index contributed by atoms with van der Waals surface area (Å²) in [4.78, 5) is 17.6. The van der Waals surface area contributed by atoms with Crippen molar-refractivity contribution in [2.24, 2.45) is 12.0 Å². The molecule has 1 amide bonds. The minimum atomic E-state index is -0.236. The largest absolute Gasteiger partial charge is 0.497 e. The molecule has 0 bridgehead atoms. The van der Waals surface area contributed by atoms with E-state index in [0.717, 1.165) is 26.7 Å². The van der Waals surface area contributed by atoms with E-state index >= 15 is 0 Å². The molecule has 1 heterocycles. The lowest BCUT2D eigenvalue weighted by molar-refractivity contribution is 0.0998. The van der Waals surface area contributed by atoms with Gasteiger partial charge in [-0.15, -0.1) is 0 Å². The summed E-state index contributed by atoms with van der Waals surface area (Å²) in [6.07, 6.45) is 0. The van der Waals surface area contributed by atoms with E-state index in [0.29, 0.717) is 10.4 Å². The molecule has 0 radical (unpaired) electrons. The van der Waals surface area contributed by atoms with Gasteiger partial charge in [0.25, 0.3) is 5.91 Å². The molecule has 0 aliphatic carbocycles. The number of methoxy groups -OCH3 is 1. The number of rotatable bonds is 2. The molecule has 0 N–H and O–H groups in total. The van der Waals surface area contributed by atoms with Crippen LogP contribution in [0.3, 0.4) is 0 Å². The molecule has 0 aliphatic heterocycles. The molecule has 25 heavy (non-hydrogen) atoms. The first-order valence-corrected chi connectivity index (χ1v) is 8.69. The van der Waals surface area contributed by atoms with Crippen LogP contribution in [0.2, 0.25) is 0 Å². The fourth-order valence-electron chi connectivity index (χ4n) is 2.82. The van der Waals surface area contributed by atoms with Crippen molar-refractivity contribution in [1.82, 2.24) is 4.57 Å². The third-order valence-electron chi connectivity index (χ3n) is 4.21. The summed E-state index contributed by atoms with van der Waals surface area (Å²) in [6, 6.07) is 19.5. The number of nitrogens with zero attached hydrogens (tertiary/aromatic N) is 2. The summed E-state index contributed by atoms with van der Waals surface area (Å²) < 4.78 is 8.23. The van der Waals surface area contributed by atoms with Gasteiger partial charge in [-0.1, -0.05) is 41.7 Å². The fourth-order valence-corrected chi connectivity index (χ4v) is 3.87. The Morgan fingerprint density at radius 1 is 1.04 bits per heavy atom. The Morgan fingerprint density at radius 2 is 1.84 bits per heavy atom. The number of benzene rings is 3. The van der Waals surface area contributed by atoms with Crippen molar-refractivity contribution in [3.05, 3.63) is 71.0 Å². The quantitative estimate of drug-likeness (QED) is 0.546. The highest BCUT2D eigenvalue weighted by atomic mass is 32.1. The molecule has 4 aromatic rings. The van der Waals surface area contributed by atoms with E-state index in [1.54, 1.807) is 7.11 Å². The molecule has 0 aliphatic rings. The molecule has 5 heteroatoms. The Kier molecular flexibility index (Phi) is 3.86. The number of fused-ring (bicyclic) bond motifs is 2. The predicted molar refractivity (Wildman–Crippen MR) is 101 cm³/mol. The molecule has 0 unspecified atom stereocenters. The van der Waals surface area contributed by atoms with Crippen LogP contribution in [0.4, 0.5) is 0 Å². The highest BCUT2D eigenvalue weighted by Gasteiger charge is 2.08. The molecule has 4 rings (SSSR count). The maximum Gasteiger partial charge on any atom is 0.279 e. The summed E-state index contributed by atoms with van der Waals surface area (Å²) in [7, 11) is 3.56. The van der Waals surface area contributed by atoms with Crippen molar-refractivity contribution in [3.8, 4) is 5.75 Å². The van der Waals surface area contributed by atoms with Gasteiger partial charge in [-0.25, -0.2) is 0 Å². The van der Waals surface area contributed by atoms with Crippen molar-refractivity contribution in [1.29, 1.82) is 0 Å². The SMILES string of the molecule is COc1ccc2c(c1)sc(=NC(=O)c1ccc3ccccc3c1)n2C. The zero-order valence-corrected chi connectivity index (χ0v) is 14.7. The third-order valence-corrected chi connectivity index (χ3v) is 5.30. The molecule has 0 atom stereocenters. The molecule has 124 valence electrons. The van der Waals surface area contributed by atoms with Gasteiger partial charge < -0.3 is 9.30 Å². The minimum absolute atomic E-state index is 0.236. The first-order valence-electron chi connectivity index (χ1n) is 7.87. The molecule has 0 spiro atoms. The van der Waals surface area contributed by atoms with Gasteiger partial charge in [0.15, 0.2) is 4.80 Å². The lowest BCUT2D eigenvalue weighted by atomic mass is 10.1. The van der Waals surface area contributed by atoms with Crippen LogP contribution >= 0.6 is 11.3 Å². The number of hydrogen-bond acceptors (Lipinski definition) is 3. The zero-order valence-electron chi connectivity index (χ0n) is 13.9. The van der Waals surface area contributed by atoms with Gasteiger partial charge in [0, 0.05) is 12.6 Å². The lowest BCUT2D eigenvalue weighted by Crippen LogP contribution is -2.13. The van der Waals surface area contributed by atoms with Gasteiger partial charge in [-0.05, 0) is 41.1 Å². The predicted octanol–water partition coefficient (Wildman–Crippen LogP) is 4.14. The second-order valence-electron chi connectivity index (χ2n) is 5.76. The molecule has 1 aromatic heterocycles. The van der Waals surface area contributed by atoms with Gasteiger partial charge in [-0.2, -0.15) is 4.99 Å². The van der Waals surface area contributed by atoms with Crippen LogP contribution in [-0.4, -0.2) is 17.6 Å². The van der Waals surface area contributed by atoms with Crippen LogP contribution < -0.4 is 9.54 Å². The number of amides is 1. The van der Waals surface area contributed by atoms with Crippen LogP contribution in [0.1, 0.15) is 10.4 Å². The zero-order chi connectivity index (χ0) is 17.4. The van der Waals surface area contributed by atoms with E-state index in [4.69, 9.17) is 4.74 Å². The molecule has 0 fully saturated rings. The van der Waals surface area contributed by atoms with Gasteiger partial charge in [-0.3, -0.25) is 4.79 Å². The Bertz CT molecular complexity index is 1170. The smallest absolute Gasteiger partial charge is 0.279 e.